The third-order valence-electron chi connectivity index (χ3n) is 3.53. The summed E-state index contributed by atoms with van der Waals surface area (Å²) in [6, 6.07) is 6.75. The van der Waals surface area contributed by atoms with Gasteiger partial charge in [-0.25, -0.2) is 8.42 Å². The van der Waals surface area contributed by atoms with E-state index in [1.54, 1.807) is 24.3 Å². The molecular formula is C14H19ClN2O3S. The average Bonchev–Trinajstić information content (AvgIpc) is 2.88. The van der Waals surface area contributed by atoms with Gasteiger partial charge >= 0.3 is 0 Å². The van der Waals surface area contributed by atoms with E-state index in [9.17, 15) is 13.2 Å². The molecule has 0 heterocycles. The minimum absolute atomic E-state index is 0.158. The normalized spacial score (nSPS) is 15.9. The number of nitrogens with one attached hydrogen (secondary N) is 1. The van der Waals surface area contributed by atoms with Crippen LogP contribution in [0.3, 0.4) is 0 Å². The van der Waals surface area contributed by atoms with Crippen LogP contribution in [0.1, 0.15) is 25.7 Å². The number of hydrogen-bond donors (Lipinski definition) is 1. The zero-order valence-corrected chi connectivity index (χ0v) is 13.5. The van der Waals surface area contributed by atoms with Crippen LogP contribution in [-0.4, -0.2) is 33.2 Å². The van der Waals surface area contributed by atoms with Crippen molar-refractivity contribution in [2.24, 2.45) is 0 Å². The van der Waals surface area contributed by atoms with Gasteiger partial charge in [-0.15, -0.1) is 0 Å². The lowest BCUT2D eigenvalue weighted by Gasteiger charge is -2.23. The third-order valence-corrected chi connectivity index (χ3v) is 4.98. The van der Waals surface area contributed by atoms with Crippen LogP contribution in [0.5, 0.6) is 0 Å². The molecule has 7 heteroatoms. The van der Waals surface area contributed by atoms with Gasteiger partial charge in [0.05, 0.1) is 17.0 Å². The van der Waals surface area contributed by atoms with Gasteiger partial charge in [0.15, 0.2) is 0 Å². The van der Waals surface area contributed by atoms with E-state index in [1.165, 1.54) is 0 Å². The van der Waals surface area contributed by atoms with E-state index in [4.69, 9.17) is 11.6 Å². The summed E-state index contributed by atoms with van der Waals surface area (Å²) < 4.78 is 24.9. The van der Waals surface area contributed by atoms with Crippen LogP contribution in [0.25, 0.3) is 0 Å². The molecule has 1 aromatic carbocycles. The molecule has 0 bridgehead atoms. The molecule has 2 rings (SSSR count). The second-order valence-corrected chi connectivity index (χ2v) is 7.58. The zero-order chi connectivity index (χ0) is 15.5. The molecule has 0 aliphatic heterocycles. The monoisotopic (exact) mass is 330 g/mol. The highest BCUT2D eigenvalue weighted by molar-refractivity contribution is 7.92. The highest BCUT2D eigenvalue weighted by atomic mass is 35.5. The van der Waals surface area contributed by atoms with E-state index < -0.39 is 10.0 Å². The molecule has 0 unspecified atom stereocenters. The number of rotatable bonds is 5. The highest BCUT2D eigenvalue weighted by Crippen LogP contribution is 2.27. The van der Waals surface area contributed by atoms with Crippen molar-refractivity contribution in [2.75, 3.05) is 17.1 Å². The largest absolute Gasteiger partial charge is 0.352 e. The second-order valence-electron chi connectivity index (χ2n) is 5.27. The van der Waals surface area contributed by atoms with Gasteiger partial charge in [0, 0.05) is 6.04 Å². The average molecular weight is 331 g/mol. The molecule has 1 aliphatic rings. The van der Waals surface area contributed by atoms with Gasteiger partial charge in [0.2, 0.25) is 15.9 Å². The van der Waals surface area contributed by atoms with Gasteiger partial charge in [-0.1, -0.05) is 36.6 Å². The molecule has 0 spiro atoms. The molecule has 1 saturated carbocycles. The van der Waals surface area contributed by atoms with Gasteiger partial charge in [-0.2, -0.15) is 0 Å². The van der Waals surface area contributed by atoms with Crippen LogP contribution in [0.2, 0.25) is 5.02 Å². The van der Waals surface area contributed by atoms with E-state index in [0.717, 1.165) is 36.2 Å². The summed E-state index contributed by atoms with van der Waals surface area (Å²) in [7, 11) is -3.58. The Morgan fingerprint density at radius 2 is 1.95 bits per heavy atom. The lowest BCUT2D eigenvalue weighted by molar-refractivity contribution is -0.120. The molecule has 21 heavy (non-hydrogen) atoms. The van der Waals surface area contributed by atoms with Crippen LogP contribution in [0.15, 0.2) is 24.3 Å². The molecule has 1 aromatic rings. The number of hydrogen-bond acceptors (Lipinski definition) is 3. The van der Waals surface area contributed by atoms with Crippen molar-refractivity contribution >= 4 is 33.2 Å². The van der Waals surface area contributed by atoms with Crippen molar-refractivity contribution in [1.29, 1.82) is 0 Å². The molecule has 0 saturated heterocycles. The van der Waals surface area contributed by atoms with E-state index in [0.29, 0.717) is 10.7 Å². The first kappa shape index (κ1) is 16.1. The number of benzene rings is 1. The number of carbonyl (C=O) groups excluding carboxylic acids is 1. The first-order valence-corrected chi connectivity index (χ1v) is 9.12. The fraction of sp³-hybridized carbons (Fsp3) is 0.500. The van der Waals surface area contributed by atoms with Gasteiger partial charge in [-0.3, -0.25) is 9.10 Å². The number of amides is 1. The highest BCUT2D eigenvalue weighted by Gasteiger charge is 2.24. The number of carbonyl (C=O) groups is 1. The molecule has 5 nitrogen and oxygen atoms in total. The van der Waals surface area contributed by atoms with Crippen molar-refractivity contribution in [1.82, 2.24) is 5.32 Å². The lowest BCUT2D eigenvalue weighted by atomic mass is 10.2. The number of para-hydroxylation sites is 1. The van der Waals surface area contributed by atoms with Crippen molar-refractivity contribution in [3.8, 4) is 0 Å². The fourth-order valence-electron chi connectivity index (χ4n) is 2.51. The van der Waals surface area contributed by atoms with E-state index >= 15 is 0 Å². The smallest absolute Gasteiger partial charge is 0.240 e. The predicted molar refractivity (Wildman–Crippen MR) is 84.0 cm³/mol. The Bertz CT molecular complexity index is 612. The SMILES string of the molecule is CS(=O)(=O)N(CC(=O)NC1CCCC1)c1ccccc1Cl. The number of nitrogens with zero attached hydrogens (tertiary/aromatic N) is 1. The molecule has 1 N–H and O–H groups in total. The van der Waals surface area contributed by atoms with Crippen molar-refractivity contribution in [3.63, 3.8) is 0 Å². The second kappa shape index (κ2) is 6.66. The minimum atomic E-state index is -3.58. The maximum Gasteiger partial charge on any atom is 0.240 e. The number of halogens is 1. The molecule has 0 radical (unpaired) electrons. The Kier molecular flexibility index (Phi) is 5.11. The fourth-order valence-corrected chi connectivity index (χ4v) is 3.67. The van der Waals surface area contributed by atoms with Gasteiger partial charge in [-0.05, 0) is 25.0 Å². The molecule has 0 atom stereocenters. The van der Waals surface area contributed by atoms with Crippen molar-refractivity contribution in [2.45, 2.75) is 31.7 Å². The van der Waals surface area contributed by atoms with E-state index in [1.807, 2.05) is 0 Å². The lowest BCUT2D eigenvalue weighted by Crippen LogP contribution is -2.43. The summed E-state index contributed by atoms with van der Waals surface area (Å²) in [4.78, 5) is 12.1. The van der Waals surface area contributed by atoms with Gasteiger partial charge in [0.25, 0.3) is 0 Å². The summed E-state index contributed by atoms with van der Waals surface area (Å²) in [6.07, 6.45) is 5.18. The van der Waals surface area contributed by atoms with Crippen LogP contribution in [0, 0.1) is 0 Å². The Morgan fingerprint density at radius 3 is 2.52 bits per heavy atom. The zero-order valence-electron chi connectivity index (χ0n) is 11.9. The van der Waals surface area contributed by atoms with Crippen LogP contribution >= 0.6 is 11.6 Å². The van der Waals surface area contributed by atoms with Gasteiger partial charge in [0.1, 0.15) is 6.54 Å². The summed E-state index contributed by atoms with van der Waals surface area (Å²) in [5, 5.41) is 3.18. The van der Waals surface area contributed by atoms with Crippen LogP contribution in [-0.2, 0) is 14.8 Å². The van der Waals surface area contributed by atoms with Crippen LogP contribution < -0.4 is 9.62 Å². The Morgan fingerprint density at radius 1 is 1.33 bits per heavy atom. The standard InChI is InChI=1S/C14H19ClN2O3S/c1-21(19,20)17(13-9-5-4-8-12(13)15)10-14(18)16-11-6-2-3-7-11/h4-5,8-9,11H,2-3,6-7,10H2,1H3,(H,16,18). The summed E-state index contributed by atoms with van der Waals surface area (Å²) in [5.41, 5.74) is 0.322. The summed E-state index contributed by atoms with van der Waals surface area (Å²) >= 11 is 6.04. The van der Waals surface area contributed by atoms with Crippen molar-refractivity contribution < 1.29 is 13.2 Å². The van der Waals surface area contributed by atoms with Crippen molar-refractivity contribution in [3.05, 3.63) is 29.3 Å². The number of anilines is 1. The summed E-state index contributed by atoms with van der Waals surface area (Å²) in [5.74, 6) is -0.299. The minimum Gasteiger partial charge on any atom is -0.352 e. The predicted octanol–water partition coefficient (Wildman–Crippen LogP) is 2.16. The molecule has 1 aliphatic carbocycles. The molecule has 1 amide bonds. The van der Waals surface area contributed by atoms with E-state index in [-0.39, 0.29) is 18.5 Å². The summed E-state index contributed by atoms with van der Waals surface area (Å²) in [6.45, 7) is -0.251. The molecular weight excluding hydrogens is 312 g/mol. The first-order chi connectivity index (χ1) is 9.88. The first-order valence-electron chi connectivity index (χ1n) is 6.89. The topological polar surface area (TPSA) is 66.5 Å². The molecule has 1 fully saturated rings. The quantitative estimate of drug-likeness (QED) is 0.899. The molecule has 0 aromatic heterocycles. The number of sulfonamides is 1. The van der Waals surface area contributed by atoms with Crippen LogP contribution in [0.4, 0.5) is 5.69 Å². The Hall–Kier alpha value is -1.27. The Balaban J connectivity index is 2.14. The third kappa shape index (κ3) is 4.35. The maximum atomic E-state index is 12.1. The maximum absolute atomic E-state index is 12.1. The van der Waals surface area contributed by atoms with Gasteiger partial charge < -0.3 is 5.32 Å². The Labute approximate surface area is 130 Å². The molecule has 116 valence electrons. The van der Waals surface area contributed by atoms with E-state index in [2.05, 4.69) is 5.32 Å².